The first-order valence-electron chi connectivity index (χ1n) is 7.08. The van der Waals surface area contributed by atoms with Crippen LogP contribution in [0.5, 0.6) is 0 Å². The molecule has 5 heteroatoms. The highest BCUT2D eigenvalue weighted by molar-refractivity contribution is 7.17. The van der Waals surface area contributed by atoms with Crippen LogP contribution in [-0.2, 0) is 0 Å². The van der Waals surface area contributed by atoms with Crippen molar-refractivity contribution in [1.29, 1.82) is 0 Å². The Balaban J connectivity index is 1.62. The summed E-state index contributed by atoms with van der Waals surface area (Å²) in [4.78, 5) is 14.2. The Hall–Kier alpha value is -1.49. The molecule has 2 nitrogen and oxygen atoms in total. The van der Waals surface area contributed by atoms with E-state index in [1.807, 2.05) is 29.6 Å². The minimum Gasteiger partial charge on any atom is -0.338 e. The number of rotatable bonds is 1. The standard InChI is InChI=1S/C16H15F2NOS/c1-15-6-7-19(8-13(15)16(15,17)18)14(20)11-9-21-12-5-3-2-4-10(11)12/h2-5,9,13H,6-8H2,1H3/t13-,15+/m1/s1. The summed E-state index contributed by atoms with van der Waals surface area (Å²) in [6.45, 7) is 2.23. The van der Waals surface area contributed by atoms with Crippen LogP contribution in [0.1, 0.15) is 23.7 Å². The summed E-state index contributed by atoms with van der Waals surface area (Å²) in [6.07, 6.45) is 0.387. The van der Waals surface area contributed by atoms with Crippen LogP contribution in [-0.4, -0.2) is 29.8 Å². The van der Waals surface area contributed by atoms with Gasteiger partial charge in [0.2, 0.25) is 0 Å². The molecular formula is C16H15F2NOS. The van der Waals surface area contributed by atoms with E-state index in [4.69, 9.17) is 0 Å². The quantitative estimate of drug-likeness (QED) is 0.779. The Bertz CT molecular complexity index is 741. The number of hydrogen-bond donors (Lipinski definition) is 0. The molecule has 0 bridgehead atoms. The SMILES string of the molecule is C[C@]12CCN(C(=O)c3csc4ccccc34)C[C@H]1C2(F)F. The van der Waals surface area contributed by atoms with E-state index in [0.29, 0.717) is 18.5 Å². The molecule has 2 aliphatic rings. The number of nitrogens with zero attached hydrogens (tertiary/aromatic N) is 1. The monoisotopic (exact) mass is 307 g/mol. The van der Waals surface area contributed by atoms with Gasteiger partial charge in [-0.25, -0.2) is 8.78 Å². The Morgan fingerprint density at radius 3 is 2.90 bits per heavy atom. The van der Waals surface area contributed by atoms with E-state index in [1.54, 1.807) is 11.8 Å². The van der Waals surface area contributed by atoms with E-state index < -0.39 is 17.3 Å². The van der Waals surface area contributed by atoms with Gasteiger partial charge in [-0.2, -0.15) is 0 Å². The fraction of sp³-hybridized carbons (Fsp3) is 0.438. The molecule has 1 amide bonds. The van der Waals surface area contributed by atoms with E-state index >= 15 is 0 Å². The van der Waals surface area contributed by atoms with E-state index in [-0.39, 0.29) is 12.5 Å². The molecule has 1 saturated carbocycles. The van der Waals surface area contributed by atoms with Gasteiger partial charge >= 0.3 is 0 Å². The molecule has 0 spiro atoms. The number of carbonyl (C=O) groups excluding carboxylic acids is 1. The topological polar surface area (TPSA) is 20.3 Å². The van der Waals surface area contributed by atoms with Crippen molar-refractivity contribution in [3.05, 3.63) is 35.2 Å². The lowest BCUT2D eigenvalue weighted by molar-refractivity contribution is 0.0635. The number of carbonyl (C=O) groups is 1. The first-order chi connectivity index (χ1) is 9.95. The van der Waals surface area contributed by atoms with Gasteiger partial charge in [-0.1, -0.05) is 25.1 Å². The lowest BCUT2D eigenvalue weighted by Crippen LogP contribution is -2.38. The van der Waals surface area contributed by atoms with E-state index in [1.165, 1.54) is 11.3 Å². The zero-order valence-electron chi connectivity index (χ0n) is 11.6. The van der Waals surface area contributed by atoms with Crippen molar-refractivity contribution in [1.82, 2.24) is 4.90 Å². The van der Waals surface area contributed by atoms with Gasteiger partial charge in [0.05, 0.1) is 11.5 Å². The van der Waals surface area contributed by atoms with Crippen molar-refractivity contribution in [3.63, 3.8) is 0 Å². The maximum atomic E-state index is 13.8. The first kappa shape index (κ1) is 13.2. The molecule has 2 aromatic rings. The van der Waals surface area contributed by atoms with Crippen LogP contribution in [0.2, 0.25) is 0 Å². The molecular weight excluding hydrogens is 292 g/mol. The predicted molar refractivity (Wildman–Crippen MR) is 78.9 cm³/mol. The molecule has 1 saturated heterocycles. The molecule has 4 rings (SSSR count). The molecule has 1 aliphatic heterocycles. The molecule has 2 atom stereocenters. The summed E-state index contributed by atoms with van der Waals surface area (Å²) < 4.78 is 28.6. The highest BCUT2D eigenvalue weighted by Gasteiger charge is 2.78. The number of thiophene rings is 1. The number of fused-ring (bicyclic) bond motifs is 2. The maximum absolute atomic E-state index is 13.8. The van der Waals surface area contributed by atoms with Crippen molar-refractivity contribution >= 4 is 27.3 Å². The zero-order valence-corrected chi connectivity index (χ0v) is 12.4. The summed E-state index contributed by atoms with van der Waals surface area (Å²) in [6, 6.07) is 7.72. The Morgan fingerprint density at radius 2 is 2.14 bits per heavy atom. The van der Waals surface area contributed by atoms with Crippen LogP contribution in [0.25, 0.3) is 10.1 Å². The molecule has 0 N–H and O–H groups in total. The van der Waals surface area contributed by atoms with Crippen molar-refractivity contribution in [2.75, 3.05) is 13.1 Å². The molecule has 0 radical (unpaired) electrons. The third-order valence-electron chi connectivity index (χ3n) is 5.19. The van der Waals surface area contributed by atoms with Crippen molar-refractivity contribution in [3.8, 4) is 0 Å². The highest BCUT2D eigenvalue weighted by atomic mass is 32.1. The second-order valence-corrected chi connectivity index (χ2v) is 7.15. The maximum Gasteiger partial charge on any atom is 0.259 e. The van der Waals surface area contributed by atoms with Crippen molar-refractivity contribution < 1.29 is 13.6 Å². The normalized spacial score (nSPS) is 30.2. The first-order valence-corrected chi connectivity index (χ1v) is 7.96. The van der Waals surface area contributed by atoms with Gasteiger partial charge in [-0.05, 0) is 12.5 Å². The van der Waals surface area contributed by atoms with Crippen LogP contribution in [0.15, 0.2) is 29.6 Å². The van der Waals surface area contributed by atoms with Crippen LogP contribution in [0.4, 0.5) is 8.78 Å². The second-order valence-electron chi connectivity index (χ2n) is 6.24. The van der Waals surface area contributed by atoms with Gasteiger partial charge < -0.3 is 4.90 Å². The summed E-state index contributed by atoms with van der Waals surface area (Å²) in [5, 5.41) is 2.76. The van der Waals surface area contributed by atoms with E-state index in [2.05, 4.69) is 0 Å². The molecule has 1 aromatic carbocycles. The smallest absolute Gasteiger partial charge is 0.259 e. The Labute approximate surface area is 125 Å². The summed E-state index contributed by atoms with van der Waals surface area (Å²) in [5.41, 5.74) is -0.247. The van der Waals surface area contributed by atoms with Gasteiger partial charge in [-0.15, -0.1) is 11.3 Å². The Kier molecular flexibility index (Phi) is 2.53. The van der Waals surface area contributed by atoms with Gasteiger partial charge in [-0.3, -0.25) is 4.79 Å². The molecule has 1 aliphatic carbocycles. The molecule has 0 unspecified atom stereocenters. The minimum atomic E-state index is -2.61. The molecule has 21 heavy (non-hydrogen) atoms. The third kappa shape index (κ3) is 1.64. The number of likely N-dealkylation sites (tertiary alicyclic amines) is 1. The fourth-order valence-electron chi connectivity index (χ4n) is 3.51. The van der Waals surface area contributed by atoms with Gasteiger partial charge in [0.1, 0.15) is 0 Å². The Morgan fingerprint density at radius 1 is 1.38 bits per heavy atom. The summed E-state index contributed by atoms with van der Waals surface area (Å²) in [5.74, 6) is -3.40. The van der Waals surface area contributed by atoms with E-state index in [0.717, 1.165) is 10.1 Å². The third-order valence-corrected chi connectivity index (χ3v) is 6.15. The number of benzene rings is 1. The van der Waals surface area contributed by atoms with Crippen molar-refractivity contribution in [2.24, 2.45) is 11.3 Å². The summed E-state index contributed by atoms with van der Waals surface area (Å²) in [7, 11) is 0. The second kappa shape index (κ2) is 4.03. The number of alkyl halides is 2. The van der Waals surface area contributed by atoms with Crippen molar-refractivity contribution in [2.45, 2.75) is 19.3 Å². The number of piperidine rings is 1. The molecule has 2 heterocycles. The van der Waals surface area contributed by atoms with E-state index in [9.17, 15) is 13.6 Å². The van der Waals surface area contributed by atoms with Crippen LogP contribution in [0, 0.1) is 11.3 Å². The lowest BCUT2D eigenvalue weighted by atomic mass is 9.97. The number of amides is 1. The fourth-order valence-corrected chi connectivity index (χ4v) is 4.44. The van der Waals surface area contributed by atoms with Crippen LogP contribution < -0.4 is 0 Å². The molecule has 2 fully saturated rings. The van der Waals surface area contributed by atoms with Gasteiger partial charge in [0.25, 0.3) is 11.8 Å². The predicted octanol–water partition coefficient (Wildman–Crippen LogP) is 4.02. The highest BCUT2D eigenvalue weighted by Crippen LogP contribution is 2.69. The van der Waals surface area contributed by atoms with Gasteiger partial charge in [0, 0.05) is 34.0 Å². The molecule has 1 aromatic heterocycles. The number of halogens is 2. The summed E-state index contributed by atoms with van der Waals surface area (Å²) >= 11 is 1.52. The zero-order chi connectivity index (χ0) is 14.8. The van der Waals surface area contributed by atoms with Crippen LogP contribution >= 0.6 is 11.3 Å². The van der Waals surface area contributed by atoms with Crippen LogP contribution in [0.3, 0.4) is 0 Å². The van der Waals surface area contributed by atoms with Gasteiger partial charge in [0.15, 0.2) is 0 Å². The average Bonchev–Trinajstić information content (AvgIpc) is 2.79. The lowest BCUT2D eigenvalue weighted by Gasteiger charge is -2.28. The average molecular weight is 307 g/mol. The largest absolute Gasteiger partial charge is 0.338 e. The minimum absolute atomic E-state index is 0.114. The number of hydrogen-bond acceptors (Lipinski definition) is 2. The molecule has 110 valence electrons.